The van der Waals surface area contributed by atoms with Gasteiger partial charge in [0.1, 0.15) is 5.76 Å². The Morgan fingerprint density at radius 1 is 1.53 bits per heavy atom. The zero-order chi connectivity index (χ0) is 10.7. The van der Waals surface area contributed by atoms with Crippen LogP contribution in [0.3, 0.4) is 0 Å². The molecule has 1 fully saturated rings. The van der Waals surface area contributed by atoms with Crippen molar-refractivity contribution >= 4 is 0 Å². The molecule has 0 spiro atoms. The van der Waals surface area contributed by atoms with Crippen molar-refractivity contribution in [2.45, 2.75) is 45.6 Å². The molecule has 2 nitrogen and oxygen atoms in total. The van der Waals surface area contributed by atoms with Crippen molar-refractivity contribution < 1.29 is 4.74 Å². The number of ether oxygens (including phenoxy) is 1. The Hall–Kier alpha value is -0.500. The van der Waals surface area contributed by atoms with Gasteiger partial charge in [-0.1, -0.05) is 13.8 Å². The van der Waals surface area contributed by atoms with Crippen LogP contribution in [0.2, 0.25) is 0 Å². The summed E-state index contributed by atoms with van der Waals surface area (Å²) in [4.78, 5) is 0. The fourth-order valence-electron chi connectivity index (χ4n) is 2.39. The van der Waals surface area contributed by atoms with E-state index < -0.39 is 0 Å². The van der Waals surface area contributed by atoms with Gasteiger partial charge in [-0.25, -0.2) is 0 Å². The normalized spacial score (nSPS) is 24.5. The molecule has 2 unspecified atom stereocenters. The molecule has 0 bridgehead atoms. The van der Waals surface area contributed by atoms with E-state index in [4.69, 9.17) is 4.74 Å². The lowest BCUT2D eigenvalue weighted by atomic mass is 9.94. The maximum absolute atomic E-state index is 5.71. The molecule has 1 heterocycles. The van der Waals surface area contributed by atoms with Crippen LogP contribution in [0.15, 0.2) is 11.8 Å². The van der Waals surface area contributed by atoms with Crippen LogP contribution in [0.4, 0.5) is 0 Å². The van der Waals surface area contributed by atoms with E-state index in [1.165, 1.54) is 25.0 Å². The summed E-state index contributed by atoms with van der Waals surface area (Å²) in [5.41, 5.74) is 0. The van der Waals surface area contributed by atoms with E-state index in [-0.39, 0.29) is 0 Å². The summed E-state index contributed by atoms with van der Waals surface area (Å²) in [5, 5.41) is 3.64. The molecule has 0 amide bonds. The average Bonchev–Trinajstić information content (AvgIpc) is 2.97. The predicted molar refractivity (Wildman–Crippen MR) is 62.6 cm³/mol. The molecule has 1 N–H and O–H groups in total. The Labute approximate surface area is 93.1 Å². The summed E-state index contributed by atoms with van der Waals surface area (Å²) >= 11 is 0. The highest BCUT2D eigenvalue weighted by Crippen LogP contribution is 2.40. The molecular formula is C13H23NO. The third kappa shape index (κ3) is 2.75. The van der Waals surface area contributed by atoms with Crippen molar-refractivity contribution in [3.05, 3.63) is 11.8 Å². The standard InChI is InChI=1S/C13H23NO/c1-3-8-14-13(10(2)11-6-7-11)12-5-4-9-15-12/h5,10-11,13-14H,3-4,6-9H2,1-2H3. The summed E-state index contributed by atoms with van der Waals surface area (Å²) in [6, 6.07) is 0.472. The molecule has 1 aliphatic carbocycles. The van der Waals surface area contributed by atoms with Gasteiger partial charge in [-0.05, 0) is 43.7 Å². The summed E-state index contributed by atoms with van der Waals surface area (Å²) in [5.74, 6) is 2.88. The molecule has 0 saturated heterocycles. The van der Waals surface area contributed by atoms with Crippen LogP contribution in [0.25, 0.3) is 0 Å². The van der Waals surface area contributed by atoms with Gasteiger partial charge in [-0.15, -0.1) is 0 Å². The Balaban J connectivity index is 1.94. The Bertz CT molecular complexity index is 233. The van der Waals surface area contributed by atoms with Crippen molar-refractivity contribution in [2.24, 2.45) is 11.8 Å². The van der Waals surface area contributed by atoms with Gasteiger partial charge in [0.2, 0.25) is 0 Å². The highest BCUT2D eigenvalue weighted by atomic mass is 16.5. The second kappa shape index (κ2) is 5.02. The van der Waals surface area contributed by atoms with Crippen molar-refractivity contribution in [3.8, 4) is 0 Å². The minimum atomic E-state index is 0.472. The third-order valence-corrected chi connectivity index (χ3v) is 3.54. The average molecular weight is 209 g/mol. The first-order chi connectivity index (χ1) is 7.33. The van der Waals surface area contributed by atoms with Gasteiger partial charge in [0.15, 0.2) is 0 Å². The van der Waals surface area contributed by atoms with Gasteiger partial charge in [0.05, 0.1) is 12.6 Å². The number of nitrogens with one attached hydrogen (secondary N) is 1. The highest BCUT2D eigenvalue weighted by molar-refractivity contribution is 5.10. The SMILES string of the molecule is CCCNC(C1=CCCO1)C(C)C1CC1. The Morgan fingerprint density at radius 2 is 2.33 bits per heavy atom. The molecule has 86 valence electrons. The van der Waals surface area contributed by atoms with Crippen LogP contribution in [0, 0.1) is 11.8 Å². The molecule has 2 aliphatic rings. The minimum Gasteiger partial charge on any atom is -0.496 e. The van der Waals surface area contributed by atoms with Gasteiger partial charge in [0.25, 0.3) is 0 Å². The van der Waals surface area contributed by atoms with Gasteiger partial charge < -0.3 is 10.1 Å². The van der Waals surface area contributed by atoms with Gasteiger partial charge >= 0.3 is 0 Å². The first-order valence-corrected chi connectivity index (χ1v) is 6.39. The van der Waals surface area contributed by atoms with Crippen molar-refractivity contribution in [1.29, 1.82) is 0 Å². The van der Waals surface area contributed by atoms with Gasteiger partial charge in [0, 0.05) is 6.42 Å². The topological polar surface area (TPSA) is 21.3 Å². The summed E-state index contributed by atoms with van der Waals surface area (Å²) in [7, 11) is 0. The maximum atomic E-state index is 5.71. The fourth-order valence-corrected chi connectivity index (χ4v) is 2.39. The predicted octanol–water partition coefficient (Wildman–Crippen LogP) is 2.70. The lowest BCUT2D eigenvalue weighted by molar-refractivity contribution is 0.190. The molecule has 0 aromatic rings. The molecule has 2 atom stereocenters. The second-order valence-corrected chi connectivity index (χ2v) is 4.87. The van der Waals surface area contributed by atoms with Crippen LogP contribution in [0.5, 0.6) is 0 Å². The van der Waals surface area contributed by atoms with Crippen LogP contribution in [0.1, 0.15) is 39.5 Å². The summed E-state index contributed by atoms with van der Waals surface area (Å²) in [6.07, 6.45) is 7.39. The van der Waals surface area contributed by atoms with E-state index in [9.17, 15) is 0 Å². The van der Waals surface area contributed by atoms with Crippen LogP contribution in [-0.2, 0) is 4.74 Å². The minimum absolute atomic E-state index is 0.472. The van der Waals surface area contributed by atoms with E-state index in [0.717, 1.165) is 31.4 Å². The van der Waals surface area contributed by atoms with Crippen molar-refractivity contribution in [1.82, 2.24) is 5.32 Å². The van der Waals surface area contributed by atoms with Crippen LogP contribution < -0.4 is 5.32 Å². The Morgan fingerprint density at radius 3 is 2.87 bits per heavy atom. The van der Waals surface area contributed by atoms with Crippen molar-refractivity contribution in [2.75, 3.05) is 13.2 Å². The summed E-state index contributed by atoms with van der Waals surface area (Å²) < 4.78 is 5.71. The van der Waals surface area contributed by atoms with E-state index in [1.54, 1.807) is 0 Å². The molecule has 1 saturated carbocycles. The van der Waals surface area contributed by atoms with Gasteiger partial charge in [-0.2, -0.15) is 0 Å². The lowest BCUT2D eigenvalue weighted by Gasteiger charge is -2.25. The molecule has 2 heteroatoms. The second-order valence-electron chi connectivity index (χ2n) is 4.87. The van der Waals surface area contributed by atoms with Crippen LogP contribution >= 0.6 is 0 Å². The van der Waals surface area contributed by atoms with Gasteiger partial charge in [-0.3, -0.25) is 0 Å². The molecule has 0 aromatic carbocycles. The highest BCUT2D eigenvalue weighted by Gasteiger charge is 2.35. The zero-order valence-electron chi connectivity index (χ0n) is 9.96. The lowest BCUT2D eigenvalue weighted by Crippen LogP contribution is -2.38. The number of rotatable bonds is 6. The number of hydrogen-bond donors (Lipinski definition) is 1. The van der Waals surface area contributed by atoms with E-state index in [0.29, 0.717) is 6.04 Å². The van der Waals surface area contributed by atoms with Crippen molar-refractivity contribution in [3.63, 3.8) is 0 Å². The van der Waals surface area contributed by atoms with E-state index in [1.807, 2.05) is 0 Å². The molecule has 2 rings (SSSR count). The monoisotopic (exact) mass is 209 g/mol. The first kappa shape index (κ1) is 11.0. The van der Waals surface area contributed by atoms with E-state index >= 15 is 0 Å². The molecule has 15 heavy (non-hydrogen) atoms. The maximum Gasteiger partial charge on any atom is 0.109 e. The smallest absolute Gasteiger partial charge is 0.109 e. The largest absolute Gasteiger partial charge is 0.496 e. The first-order valence-electron chi connectivity index (χ1n) is 6.39. The molecule has 0 aromatic heterocycles. The molecule has 1 aliphatic heterocycles. The molecular weight excluding hydrogens is 186 g/mol. The third-order valence-electron chi connectivity index (χ3n) is 3.54. The molecule has 0 radical (unpaired) electrons. The summed E-state index contributed by atoms with van der Waals surface area (Å²) in [6.45, 7) is 6.57. The fraction of sp³-hybridized carbons (Fsp3) is 0.846. The number of hydrogen-bond acceptors (Lipinski definition) is 2. The zero-order valence-corrected chi connectivity index (χ0v) is 9.96. The van der Waals surface area contributed by atoms with E-state index in [2.05, 4.69) is 25.2 Å². The van der Waals surface area contributed by atoms with Crippen LogP contribution in [-0.4, -0.2) is 19.2 Å². The Kier molecular flexibility index (Phi) is 3.68. The quantitative estimate of drug-likeness (QED) is 0.726.